The summed E-state index contributed by atoms with van der Waals surface area (Å²) in [6, 6.07) is 6.34. The molecule has 1 fully saturated rings. The summed E-state index contributed by atoms with van der Waals surface area (Å²) in [5.41, 5.74) is 0.893. The van der Waals surface area contributed by atoms with Gasteiger partial charge in [0.1, 0.15) is 5.82 Å². The molecular weight excluding hydrogens is 271 g/mol. The lowest BCUT2D eigenvalue weighted by molar-refractivity contribution is -0.161. The van der Waals surface area contributed by atoms with Crippen molar-refractivity contribution in [1.82, 2.24) is 5.32 Å². The lowest BCUT2D eigenvalue weighted by Gasteiger charge is -2.23. The number of benzene rings is 1. The first-order valence-corrected chi connectivity index (χ1v) is 7.37. The maximum Gasteiger partial charge on any atom is 0.157 e. The lowest BCUT2D eigenvalue weighted by atomic mass is 10.1. The fraction of sp³-hybridized carbons (Fsp3) is 0.562. The topological polar surface area (TPSA) is 54.3 Å². The molecule has 5 heteroatoms. The van der Waals surface area contributed by atoms with Crippen molar-refractivity contribution in [2.75, 3.05) is 19.8 Å². The average Bonchev–Trinajstić information content (AvgIpc) is 2.52. The van der Waals surface area contributed by atoms with Crippen LogP contribution in [0.4, 0.5) is 4.39 Å². The smallest absolute Gasteiger partial charge is 0.157 e. The maximum atomic E-state index is 13.8. The average molecular weight is 292 g/mol. The molecule has 0 saturated carbocycles. The number of rotatable bonds is 6. The fourth-order valence-electron chi connectivity index (χ4n) is 2.37. The quantitative estimate of drug-likeness (QED) is 0.819. The van der Waals surface area contributed by atoms with Gasteiger partial charge in [0.25, 0.3) is 0 Å². The summed E-state index contributed by atoms with van der Waals surface area (Å²) in [6.45, 7) is 3.82. The number of hydrogen-bond donors (Lipinski definition) is 1. The molecule has 0 unspecified atom stereocenters. The van der Waals surface area contributed by atoms with Crippen LogP contribution in [0.15, 0.2) is 18.2 Å². The van der Waals surface area contributed by atoms with E-state index in [0.29, 0.717) is 24.3 Å². The van der Waals surface area contributed by atoms with Crippen molar-refractivity contribution in [3.8, 4) is 6.07 Å². The highest BCUT2D eigenvalue weighted by atomic mass is 19.1. The summed E-state index contributed by atoms with van der Waals surface area (Å²) in [7, 11) is 0. The Morgan fingerprint density at radius 1 is 1.52 bits per heavy atom. The number of nitrogens with zero attached hydrogens (tertiary/aromatic N) is 1. The summed E-state index contributed by atoms with van der Waals surface area (Å²) in [5, 5.41) is 11.9. The zero-order chi connectivity index (χ0) is 15.1. The van der Waals surface area contributed by atoms with Crippen LogP contribution in [0, 0.1) is 17.1 Å². The zero-order valence-electron chi connectivity index (χ0n) is 12.3. The van der Waals surface area contributed by atoms with Gasteiger partial charge in [0.15, 0.2) is 6.29 Å². The number of ether oxygens (including phenoxy) is 2. The standard InChI is InChI=1S/C16H21FN2O2/c1-12(14-6-5-13(11-18)10-15(14)17)19-7-9-21-16-4-2-3-8-20-16/h5-6,10,12,16,19H,2-4,7-9H2,1H3/t12-,16-/m1/s1. The molecular formula is C16H21FN2O2. The van der Waals surface area contributed by atoms with Gasteiger partial charge in [0, 0.05) is 24.8 Å². The molecule has 1 heterocycles. The monoisotopic (exact) mass is 292 g/mol. The van der Waals surface area contributed by atoms with Crippen LogP contribution in [0.5, 0.6) is 0 Å². The Balaban J connectivity index is 1.74. The van der Waals surface area contributed by atoms with Gasteiger partial charge in [0.2, 0.25) is 0 Å². The Kier molecular flexibility index (Phi) is 6.12. The first kappa shape index (κ1) is 15.9. The lowest BCUT2D eigenvalue weighted by Crippen LogP contribution is -2.28. The highest BCUT2D eigenvalue weighted by Gasteiger charge is 2.14. The Hall–Kier alpha value is -1.48. The summed E-state index contributed by atoms with van der Waals surface area (Å²) < 4.78 is 24.9. The molecule has 0 bridgehead atoms. The molecule has 0 aromatic heterocycles. The van der Waals surface area contributed by atoms with Crippen molar-refractivity contribution in [2.24, 2.45) is 0 Å². The van der Waals surface area contributed by atoms with Crippen LogP contribution in [-0.2, 0) is 9.47 Å². The normalized spacial score (nSPS) is 20.0. The molecule has 1 aliphatic rings. The predicted octanol–water partition coefficient (Wildman–Crippen LogP) is 2.89. The molecule has 0 spiro atoms. The molecule has 1 aromatic rings. The molecule has 2 rings (SSSR count). The molecule has 0 aliphatic carbocycles. The fourth-order valence-corrected chi connectivity index (χ4v) is 2.37. The van der Waals surface area contributed by atoms with E-state index < -0.39 is 0 Å². The molecule has 1 saturated heterocycles. The Morgan fingerprint density at radius 2 is 2.38 bits per heavy atom. The van der Waals surface area contributed by atoms with Gasteiger partial charge >= 0.3 is 0 Å². The second kappa shape index (κ2) is 8.08. The van der Waals surface area contributed by atoms with Crippen molar-refractivity contribution in [3.05, 3.63) is 35.1 Å². The van der Waals surface area contributed by atoms with Gasteiger partial charge in [-0.05, 0) is 38.3 Å². The van der Waals surface area contributed by atoms with Gasteiger partial charge in [-0.25, -0.2) is 4.39 Å². The Bertz CT molecular complexity index is 496. The Labute approximate surface area is 124 Å². The minimum absolute atomic E-state index is 0.0949. The van der Waals surface area contributed by atoms with Gasteiger partial charge in [-0.1, -0.05) is 6.07 Å². The van der Waals surface area contributed by atoms with E-state index in [0.717, 1.165) is 25.9 Å². The first-order chi connectivity index (χ1) is 10.2. The van der Waals surface area contributed by atoms with Gasteiger partial charge in [0.05, 0.1) is 18.2 Å². The highest BCUT2D eigenvalue weighted by molar-refractivity contribution is 5.34. The molecule has 0 radical (unpaired) electrons. The van der Waals surface area contributed by atoms with Crippen molar-refractivity contribution in [1.29, 1.82) is 5.26 Å². The van der Waals surface area contributed by atoms with Crippen LogP contribution >= 0.6 is 0 Å². The Morgan fingerprint density at radius 3 is 3.05 bits per heavy atom. The summed E-state index contributed by atoms with van der Waals surface area (Å²) in [6.07, 6.45) is 3.10. The molecule has 114 valence electrons. The molecule has 1 N–H and O–H groups in total. The van der Waals surface area contributed by atoms with Crippen LogP contribution in [-0.4, -0.2) is 26.0 Å². The van der Waals surface area contributed by atoms with Crippen molar-refractivity contribution in [2.45, 2.75) is 38.5 Å². The maximum absolute atomic E-state index is 13.8. The van der Waals surface area contributed by atoms with Crippen LogP contribution in [0.2, 0.25) is 0 Å². The molecule has 2 atom stereocenters. The number of nitriles is 1. The van der Waals surface area contributed by atoms with E-state index in [1.165, 1.54) is 6.07 Å². The summed E-state index contributed by atoms with van der Waals surface area (Å²) in [4.78, 5) is 0. The van der Waals surface area contributed by atoms with Crippen LogP contribution in [0.3, 0.4) is 0 Å². The van der Waals surface area contributed by atoms with Crippen molar-refractivity contribution >= 4 is 0 Å². The molecule has 0 amide bonds. The van der Waals surface area contributed by atoms with Crippen molar-refractivity contribution < 1.29 is 13.9 Å². The molecule has 4 nitrogen and oxygen atoms in total. The van der Waals surface area contributed by atoms with Crippen molar-refractivity contribution in [3.63, 3.8) is 0 Å². The third-order valence-electron chi connectivity index (χ3n) is 3.59. The molecule has 1 aliphatic heterocycles. The van der Waals surface area contributed by atoms with Gasteiger partial charge in [-0.2, -0.15) is 5.26 Å². The molecule has 1 aromatic carbocycles. The predicted molar refractivity (Wildman–Crippen MR) is 77.1 cm³/mol. The zero-order valence-corrected chi connectivity index (χ0v) is 12.3. The number of nitrogens with one attached hydrogen (secondary N) is 1. The SMILES string of the molecule is C[C@@H](NCCO[C@@H]1CCCCO1)c1ccc(C#N)cc1F. The van der Waals surface area contributed by atoms with E-state index in [1.807, 2.05) is 13.0 Å². The third kappa shape index (κ3) is 4.78. The van der Waals surface area contributed by atoms with E-state index >= 15 is 0 Å². The van der Waals surface area contributed by atoms with Crippen LogP contribution in [0.1, 0.15) is 43.4 Å². The van der Waals surface area contributed by atoms with Gasteiger partial charge < -0.3 is 14.8 Å². The largest absolute Gasteiger partial charge is 0.353 e. The minimum Gasteiger partial charge on any atom is -0.353 e. The van der Waals surface area contributed by atoms with Gasteiger partial charge in [-0.15, -0.1) is 0 Å². The molecule has 21 heavy (non-hydrogen) atoms. The summed E-state index contributed by atoms with van der Waals surface area (Å²) in [5.74, 6) is -0.356. The second-order valence-electron chi connectivity index (χ2n) is 5.19. The first-order valence-electron chi connectivity index (χ1n) is 7.37. The van der Waals surface area contributed by atoms with Crippen LogP contribution < -0.4 is 5.32 Å². The van der Waals surface area contributed by atoms with E-state index in [2.05, 4.69) is 5.32 Å². The third-order valence-corrected chi connectivity index (χ3v) is 3.59. The van der Waals surface area contributed by atoms with E-state index in [9.17, 15) is 4.39 Å². The van der Waals surface area contributed by atoms with E-state index in [1.54, 1.807) is 12.1 Å². The number of hydrogen-bond acceptors (Lipinski definition) is 4. The second-order valence-corrected chi connectivity index (χ2v) is 5.19. The van der Waals surface area contributed by atoms with E-state index in [4.69, 9.17) is 14.7 Å². The summed E-state index contributed by atoms with van der Waals surface area (Å²) >= 11 is 0. The highest BCUT2D eigenvalue weighted by Crippen LogP contribution is 2.18. The number of halogens is 1. The van der Waals surface area contributed by atoms with Crippen LogP contribution in [0.25, 0.3) is 0 Å². The van der Waals surface area contributed by atoms with E-state index in [-0.39, 0.29) is 18.1 Å². The minimum atomic E-state index is -0.356. The van der Waals surface area contributed by atoms with Gasteiger partial charge in [-0.3, -0.25) is 0 Å².